The predicted octanol–water partition coefficient (Wildman–Crippen LogP) is 4.30. The third kappa shape index (κ3) is 4.53. The molecule has 0 bridgehead atoms. The summed E-state index contributed by atoms with van der Waals surface area (Å²) < 4.78 is 0. The number of anilines is 2. The van der Waals surface area contributed by atoms with E-state index < -0.39 is 0 Å². The van der Waals surface area contributed by atoms with E-state index in [1.807, 2.05) is 19.1 Å². The number of hydrogen-bond acceptors (Lipinski definition) is 5. The zero-order valence-electron chi connectivity index (χ0n) is 17.9. The van der Waals surface area contributed by atoms with E-state index >= 15 is 0 Å². The van der Waals surface area contributed by atoms with Crippen LogP contribution in [0.2, 0.25) is 0 Å². The lowest BCUT2D eigenvalue weighted by Gasteiger charge is -2.32. The number of nitrogens with one attached hydrogen (secondary N) is 2. The summed E-state index contributed by atoms with van der Waals surface area (Å²) in [4.78, 5) is 26.2. The van der Waals surface area contributed by atoms with Gasteiger partial charge in [-0.25, -0.2) is 9.97 Å². The molecule has 1 fully saturated rings. The molecule has 2 aromatic heterocycles. The van der Waals surface area contributed by atoms with Gasteiger partial charge in [0.1, 0.15) is 11.6 Å². The Labute approximate surface area is 177 Å². The molecule has 6 nitrogen and oxygen atoms in total. The molecule has 0 saturated carbocycles. The number of nitrogens with zero attached hydrogens (tertiary/aromatic N) is 3. The molecule has 30 heavy (non-hydrogen) atoms. The summed E-state index contributed by atoms with van der Waals surface area (Å²) in [5, 5.41) is 3.36. The SMILES string of the molecule is Cc1nc(-c2ccc(NCc3ccc(N4CCC(C)CC4)cc3)nc2)[nH]c(=O)c1C. The first-order valence-corrected chi connectivity index (χ1v) is 10.6. The molecule has 1 saturated heterocycles. The van der Waals surface area contributed by atoms with Crippen LogP contribution in [0.25, 0.3) is 11.4 Å². The van der Waals surface area contributed by atoms with Crippen molar-refractivity contribution in [1.29, 1.82) is 0 Å². The molecule has 0 radical (unpaired) electrons. The van der Waals surface area contributed by atoms with Crippen LogP contribution in [0.1, 0.15) is 36.6 Å². The highest BCUT2D eigenvalue weighted by Crippen LogP contribution is 2.23. The fourth-order valence-corrected chi connectivity index (χ4v) is 3.70. The molecule has 3 heterocycles. The minimum Gasteiger partial charge on any atom is -0.372 e. The molecule has 4 rings (SSSR count). The van der Waals surface area contributed by atoms with Gasteiger partial charge in [-0.15, -0.1) is 0 Å². The zero-order valence-corrected chi connectivity index (χ0v) is 17.9. The topological polar surface area (TPSA) is 73.9 Å². The first-order valence-electron chi connectivity index (χ1n) is 10.6. The van der Waals surface area contributed by atoms with Crippen LogP contribution >= 0.6 is 0 Å². The molecule has 0 amide bonds. The van der Waals surface area contributed by atoms with Crippen LogP contribution in [-0.2, 0) is 6.54 Å². The van der Waals surface area contributed by atoms with Gasteiger partial charge in [-0.2, -0.15) is 0 Å². The van der Waals surface area contributed by atoms with Gasteiger partial charge in [0.05, 0.1) is 0 Å². The maximum absolute atomic E-state index is 12.0. The highest BCUT2D eigenvalue weighted by atomic mass is 16.1. The Hall–Kier alpha value is -3.15. The van der Waals surface area contributed by atoms with E-state index in [-0.39, 0.29) is 5.56 Å². The minimum atomic E-state index is -0.109. The minimum absolute atomic E-state index is 0.109. The standard InChI is InChI=1S/C24H29N5O/c1-16-10-12-29(13-11-16)21-7-4-19(5-8-21)14-25-22-9-6-20(15-26-22)23-27-18(3)17(2)24(30)28-23/h4-9,15-16H,10-14H2,1-3H3,(H,25,26)(H,27,28,30). The number of hydrogen-bond donors (Lipinski definition) is 2. The van der Waals surface area contributed by atoms with Crippen molar-refractivity contribution in [3.63, 3.8) is 0 Å². The molecule has 156 valence electrons. The number of aromatic nitrogens is 3. The number of aryl methyl sites for hydroxylation is 1. The van der Waals surface area contributed by atoms with Gasteiger partial charge in [0.2, 0.25) is 0 Å². The van der Waals surface area contributed by atoms with Gasteiger partial charge in [0.15, 0.2) is 0 Å². The predicted molar refractivity (Wildman–Crippen MR) is 122 cm³/mol. The molecule has 6 heteroatoms. The number of aromatic amines is 1. The maximum atomic E-state index is 12.0. The molecule has 0 unspecified atom stereocenters. The van der Waals surface area contributed by atoms with Gasteiger partial charge in [-0.3, -0.25) is 4.79 Å². The summed E-state index contributed by atoms with van der Waals surface area (Å²) in [7, 11) is 0. The van der Waals surface area contributed by atoms with Crippen LogP contribution < -0.4 is 15.8 Å². The molecule has 2 N–H and O–H groups in total. The van der Waals surface area contributed by atoms with E-state index in [1.165, 1.54) is 24.1 Å². The number of rotatable bonds is 5. The highest BCUT2D eigenvalue weighted by molar-refractivity contribution is 5.56. The van der Waals surface area contributed by atoms with Crippen molar-refractivity contribution in [1.82, 2.24) is 15.0 Å². The Kier molecular flexibility index (Phi) is 5.84. The molecule has 0 atom stereocenters. The second-order valence-corrected chi connectivity index (χ2v) is 8.25. The van der Waals surface area contributed by atoms with Gasteiger partial charge in [0, 0.05) is 48.3 Å². The van der Waals surface area contributed by atoms with Crippen molar-refractivity contribution in [2.75, 3.05) is 23.3 Å². The van der Waals surface area contributed by atoms with Gasteiger partial charge >= 0.3 is 0 Å². The number of H-pyrrole nitrogens is 1. The van der Waals surface area contributed by atoms with E-state index in [2.05, 4.69) is 56.4 Å². The van der Waals surface area contributed by atoms with Crippen molar-refractivity contribution in [3.8, 4) is 11.4 Å². The molecular formula is C24H29N5O. The van der Waals surface area contributed by atoms with Crippen molar-refractivity contribution < 1.29 is 0 Å². The van der Waals surface area contributed by atoms with Crippen molar-refractivity contribution in [2.45, 2.75) is 40.2 Å². The molecule has 0 aliphatic carbocycles. The van der Waals surface area contributed by atoms with E-state index in [1.54, 1.807) is 13.1 Å². The van der Waals surface area contributed by atoms with Crippen LogP contribution in [0.4, 0.5) is 11.5 Å². The normalized spacial score (nSPS) is 14.7. The number of piperidine rings is 1. The second kappa shape index (κ2) is 8.69. The van der Waals surface area contributed by atoms with E-state index in [9.17, 15) is 4.79 Å². The van der Waals surface area contributed by atoms with Crippen LogP contribution in [0, 0.1) is 19.8 Å². The average Bonchev–Trinajstić information content (AvgIpc) is 2.77. The van der Waals surface area contributed by atoms with Crippen molar-refractivity contribution in [3.05, 3.63) is 69.8 Å². The fraction of sp³-hybridized carbons (Fsp3) is 0.375. The van der Waals surface area contributed by atoms with E-state index in [0.29, 0.717) is 17.9 Å². The molecule has 0 spiro atoms. The van der Waals surface area contributed by atoms with Gasteiger partial charge in [-0.1, -0.05) is 19.1 Å². The number of pyridine rings is 1. The fourth-order valence-electron chi connectivity index (χ4n) is 3.70. The Morgan fingerprint density at radius 3 is 2.47 bits per heavy atom. The first kappa shape index (κ1) is 20.1. The summed E-state index contributed by atoms with van der Waals surface area (Å²) in [6.45, 7) is 8.96. The quantitative estimate of drug-likeness (QED) is 0.665. The molecule has 3 aromatic rings. The van der Waals surface area contributed by atoms with E-state index in [0.717, 1.165) is 36.1 Å². The lowest BCUT2D eigenvalue weighted by Crippen LogP contribution is -2.32. The van der Waals surface area contributed by atoms with Gasteiger partial charge in [0.25, 0.3) is 5.56 Å². The second-order valence-electron chi connectivity index (χ2n) is 8.25. The molecular weight excluding hydrogens is 374 g/mol. The van der Waals surface area contributed by atoms with Crippen LogP contribution in [-0.4, -0.2) is 28.0 Å². The Morgan fingerprint density at radius 1 is 1.10 bits per heavy atom. The van der Waals surface area contributed by atoms with Crippen LogP contribution in [0.3, 0.4) is 0 Å². The average molecular weight is 404 g/mol. The molecule has 1 aromatic carbocycles. The van der Waals surface area contributed by atoms with Crippen molar-refractivity contribution in [2.24, 2.45) is 5.92 Å². The largest absolute Gasteiger partial charge is 0.372 e. The third-order valence-corrected chi connectivity index (χ3v) is 5.99. The summed E-state index contributed by atoms with van der Waals surface area (Å²) in [6.07, 6.45) is 4.28. The smallest absolute Gasteiger partial charge is 0.254 e. The Balaban J connectivity index is 1.37. The maximum Gasteiger partial charge on any atom is 0.254 e. The van der Waals surface area contributed by atoms with Crippen LogP contribution in [0.15, 0.2) is 47.4 Å². The monoisotopic (exact) mass is 403 g/mol. The lowest BCUT2D eigenvalue weighted by atomic mass is 9.99. The Bertz CT molecular complexity index is 1050. The van der Waals surface area contributed by atoms with Crippen LogP contribution in [0.5, 0.6) is 0 Å². The highest BCUT2D eigenvalue weighted by Gasteiger charge is 2.15. The van der Waals surface area contributed by atoms with Gasteiger partial charge in [-0.05, 0) is 62.4 Å². The van der Waals surface area contributed by atoms with Crippen molar-refractivity contribution >= 4 is 11.5 Å². The number of benzene rings is 1. The summed E-state index contributed by atoms with van der Waals surface area (Å²) in [5.41, 5.74) is 4.59. The zero-order chi connectivity index (χ0) is 21.1. The Morgan fingerprint density at radius 2 is 1.83 bits per heavy atom. The van der Waals surface area contributed by atoms with Gasteiger partial charge < -0.3 is 15.2 Å². The summed E-state index contributed by atoms with van der Waals surface area (Å²) in [5.74, 6) is 2.18. The third-order valence-electron chi connectivity index (χ3n) is 5.99. The summed E-state index contributed by atoms with van der Waals surface area (Å²) >= 11 is 0. The summed E-state index contributed by atoms with van der Waals surface area (Å²) in [6, 6.07) is 12.6. The first-order chi connectivity index (χ1) is 14.5. The lowest BCUT2D eigenvalue weighted by molar-refractivity contribution is 0.438. The molecule has 1 aliphatic heterocycles. The molecule has 1 aliphatic rings. The van der Waals surface area contributed by atoms with E-state index in [4.69, 9.17) is 0 Å².